The highest BCUT2D eigenvalue weighted by Crippen LogP contribution is 2.43. The lowest BCUT2D eigenvalue weighted by Gasteiger charge is -2.35. The molecule has 0 radical (unpaired) electrons. The van der Waals surface area contributed by atoms with Crippen LogP contribution in [0, 0.1) is 0 Å². The molecule has 130 valence electrons. The van der Waals surface area contributed by atoms with E-state index < -0.39 is 0 Å². The SMILES string of the molecule is C=C1CCc2cc(OC)c(OC(C)C)cc2N1C(=C)c1cccnc1. The van der Waals surface area contributed by atoms with Gasteiger partial charge in [0.1, 0.15) is 0 Å². The summed E-state index contributed by atoms with van der Waals surface area (Å²) < 4.78 is 11.5. The Hall–Kier alpha value is -2.75. The Morgan fingerprint density at radius 1 is 1.24 bits per heavy atom. The number of pyridine rings is 1. The van der Waals surface area contributed by atoms with Crippen LogP contribution in [-0.4, -0.2) is 18.2 Å². The molecule has 2 heterocycles. The van der Waals surface area contributed by atoms with Crippen LogP contribution in [0.15, 0.2) is 55.5 Å². The van der Waals surface area contributed by atoms with E-state index in [-0.39, 0.29) is 6.10 Å². The second-order valence-electron chi connectivity index (χ2n) is 6.39. The monoisotopic (exact) mass is 336 g/mol. The first kappa shape index (κ1) is 17.1. The Labute approximate surface area is 149 Å². The van der Waals surface area contributed by atoms with Crippen molar-refractivity contribution in [3.63, 3.8) is 0 Å². The maximum absolute atomic E-state index is 5.95. The van der Waals surface area contributed by atoms with Crippen LogP contribution >= 0.6 is 0 Å². The first-order valence-electron chi connectivity index (χ1n) is 8.46. The summed E-state index contributed by atoms with van der Waals surface area (Å²) in [5.41, 5.74) is 5.09. The van der Waals surface area contributed by atoms with Crippen molar-refractivity contribution in [2.45, 2.75) is 32.8 Å². The molecule has 0 spiro atoms. The largest absolute Gasteiger partial charge is 0.493 e. The summed E-state index contributed by atoms with van der Waals surface area (Å²) in [6.07, 6.45) is 5.44. The van der Waals surface area contributed by atoms with Gasteiger partial charge in [-0.3, -0.25) is 4.98 Å². The molecule has 1 aromatic heterocycles. The zero-order valence-corrected chi connectivity index (χ0v) is 15.1. The minimum absolute atomic E-state index is 0.0636. The van der Waals surface area contributed by atoms with Crippen LogP contribution in [0.3, 0.4) is 0 Å². The molecular formula is C21H24N2O2. The van der Waals surface area contributed by atoms with E-state index in [4.69, 9.17) is 9.47 Å². The van der Waals surface area contributed by atoms with Crippen molar-refractivity contribution in [3.8, 4) is 11.5 Å². The van der Waals surface area contributed by atoms with E-state index in [0.717, 1.165) is 47.0 Å². The Morgan fingerprint density at radius 2 is 2.04 bits per heavy atom. The number of anilines is 1. The van der Waals surface area contributed by atoms with Gasteiger partial charge >= 0.3 is 0 Å². The molecule has 3 rings (SSSR count). The lowest BCUT2D eigenvalue weighted by molar-refractivity contribution is 0.230. The van der Waals surface area contributed by atoms with E-state index in [9.17, 15) is 0 Å². The first-order valence-corrected chi connectivity index (χ1v) is 8.46. The molecule has 0 amide bonds. The smallest absolute Gasteiger partial charge is 0.163 e. The number of rotatable bonds is 5. The Balaban J connectivity index is 2.08. The third-order valence-corrected chi connectivity index (χ3v) is 4.23. The number of methoxy groups -OCH3 is 1. The second kappa shape index (κ2) is 7.01. The maximum atomic E-state index is 5.95. The van der Waals surface area contributed by atoms with Crippen LogP contribution < -0.4 is 14.4 Å². The third kappa shape index (κ3) is 3.38. The number of allylic oxidation sites excluding steroid dienone is 1. The van der Waals surface area contributed by atoms with E-state index in [1.54, 1.807) is 13.3 Å². The van der Waals surface area contributed by atoms with Crippen LogP contribution in [0.5, 0.6) is 11.5 Å². The molecule has 0 N–H and O–H groups in total. The number of ether oxygens (including phenoxy) is 2. The Kier molecular flexibility index (Phi) is 4.79. The summed E-state index contributed by atoms with van der Waals surface area (Å²) in [5.74, 6) is 1.49. The zero-order valence-electron chi connectivity index (χ0n) is 15.1. The molecule has 25 heavy (non-hydrogen) atoms. The molecule has 0 saturated heterocycles. The fourth-order valence-corrected chi connectivity index (χ4v) is 3.07. The molecule has 0 saturated carbocycles. The predicted molar refractivity (Wildman–Crippen MR) is 102 cm³/mol. The van der Waals surface area contributed by atoms with E-state index in [1.165, 1.54) is 5.56 Å². The number of nitrogens with zero attached hydrogens (tertiary/aromatic N) is 2. The van der Waals surface area contributed by atoms with Crippen LogP contribution in [0.25, 0.3) is 5.70 Å². The number of fused-ring (bicyclic) bond motifs is 1. The molecule has 0 bridgehead atoms. The molecule has 1 aliphatic heterocycles. The topological polar surface area (TPSA) is 34.6 Å². The molecule has 1 aromatic carbocycles. The zero-order chi connectivity index (χ0) is 18.0. The third-order valence-electron chi connectivity index (χ3n) is 4.23. The van der Waals surface area contributed by atoms with Gasteiger partial charge in [0.25, 0.3) is 0 Å². The molecule has 4 heteroatoms. The lowest BCUT2D eigenvalue weighted by atomic mass is 9.97. The predicted octanol–water partition coefficient (Wildman–Crippen LogP) is 4.81. The van der Waals surface area contributed by atoms with Gasteiger partial charge < -0.3 is 14.4 Å². The minimum atomic E-state index is 0.0636. The normalized spacial score (nSPS) is 13.6. The van der Waals surface area contributed by atoms with Gasteiger partial charge in [-0.25, -0.2) is 0 Å². The molecule has 2 aromatic rings. The molecule has 1 aliphatic rings. The van der Waals surface area contributed by atoms with Crippen molar-refractivity contribution < 1.29 is 9.47 Å². The quantitative estimate of drug-likeness (QED) is 0.784. The first-order chi connectivity index (χ1) is 12.0. The molecule has 0 atom stereocenters. The Morgan fingerprint density at radius 3 is 2.68 bits per heavy atom. The van der Waals surface area contributed by atoms with Gasteiger partial charge in [0.15, 0.2) is 11.5 Å². The lowest BCUT2D eigenvalue weighted by Crippen LogP contribution is -2.25. The highest BCUT2D eigenvalue weighted by Gasteiger charge is 2.25. The molecule has 0 unspecified atom stereocenters. The molecular weight excluding hydrogens is 312 g/mol. The number of aromatic nitrogens is 1. The number of aryl methyl sites for hydroxylation is 1. The van der Waals surface area contributed by atoms with Gasteiger partial charge in [-0.1, -0.05) is 13.2 Å². The van der Waals surface area contributed by atoms with Gasteiger partial charge in [-0.15, -0.1) is 0 Å². The minimum Gasteiger partial charge on any atom is -0.493 e. The fraction of sp³-hybridized carbons (Fsp3) is 0.286. The van der Waals surface area contributed by atoms with Crippen LogP contribution in [-0.2, 0) is 6.42 Å². The van der Waals surface area contributed by atoms with Crippen LogP contribution in [0.2, 0.25) is 0 Å². The Bertz CT molecular complexity index is 797. The van der Waals surface area contributed by atoms with Crippen molar-refractivity contribution in [2.24, 2.45) is 0 Å². The van der Waals surface area contributed by atoms with Crippen molar-refractivity contribution in [1.29, 1.82) is 0 Å². The molecule has 0 aliphatic carbocycles. The van der Waals surface area contributed by atoms with E-state index in [0.29, 0.717) is 0 Å². The molecule has 0 fully saturated rings. The summed E-state index contributed by atoms with van der Waals surface area (Å²) in [6, 6.07) is 8.00. The summed E-state index contributed by atoms with van der Waals surface area (Å²) in [6.45, 7) is 12.5. The highest BCUT2D eigenvalue weighted by atomic mass is 16.5. The van der Waals surface area contributed by atoms with E-state index in [1.807, 2.05) is 38.2 Å². The summed E-state index contributed by atoms with van der Waals surface area (Å²) in [4.78, 5) is 6.30. The van der Waals surface area contributed by atoms with Crippen LogP contribution in [0.4, 0.5) is 5.69 Å². The van der Waals surface area contributed by atoms with Crippen molar-refractivity contribution in [3.05, 3.63) is 66.6 Å². The van der Waals surface area contributed by atoms with Gasteiger partial charge in [-0.05, 0) is 50.5 Å². The average Bonchev–Trinajstić information content (AvgIpc) is 2.61. The van der Waals surface area contributed by atoms with Gasteiger partial charge in [0, 0.05) is 35.4 Å². The van der Waals surface area contributed by atoms with Crippen LogP contribution in [0.1, 0.15) is 31.4 Å². The second-order valence-corrected chi connectivity index (χ2v) is 6.39. The summed E-state index contributed by atoms with van der Waals surface area (Å²) >= 11 is 0. The van der Waals surface area contributed by atoms with E-state index >= 15 is 0 Å². The average molecular weight is 336 g/mol. The van der Waals surface area contributed by atoms with Crippen molar-refractivity contribution in [2.75, 3.05) is 12.0 Å². The highest BCUT2D eigenvalue weighted by molar-refractivity contribution is 5.84. The van der Waals surface area contributed by atoms with Crippen molar-refractivity contribution in [1.82, 2.24) is 4.98 Å². The number of hydrogen-bond acceptors (Lipinski definition) is 4. The van der Waals surface area contributed by atoms with E-state index in [2.05, 4.69) is 29.1 Å². The summed E-state index contributed by atoms with van der Waals surface area (Å²) in [7, 11) is 1.67. The number of hydrogen-bond donors (Lipinski definition) is 0. The number of benzene rings is 1. The van der Waals surface area contributed by atoms with Gasteiger partial charge in [0.2, 0.25) is 0 Å². The summed E-state index contributed by atoms with van der Waals surface area (Å²) in [5, 5.41) is 0. The van der Waals surface area contributed by atoms with Gasteiger partial charge in [0.05, 0.1) is 18.9 Å². The maximum Gasteiger partial charge on any atom is 0.163 e. The molecule has 4 nitrogen and oxygen atoms in total. The van der Waals surface area contributed by atoms with Gasteiger partial charge in [-0.2, -0.15) is 0 Å². The van der Waals surface area contributed by atoms with Crippen molar-refractivity contribution >= 4 is 11.4 Å². The fourth-order valence-electron chi connectivity index (χ4n) is 3.07. The standard InChI is InChI=1S/C21H24N2O2/c1-14(2)25-21-12-19-17(11-20(21)24-5)9-8-15(3)23(19)16(4)18-7-6-10-22-13-18/h6-7,10-14H,3-4,8-9H2,1-2,5H3.